The molecule has 0 radical (unpaired) electrons. The van der Waals surface area contributed by atoms with E-state index in [0.29, 0.717) is 30.1 Å². The number of aliphatic hydroxyl groups is 1. The van der Waals surface area contributed by atoms with Crippen LogP contribution in [-0.2, 0) is 10.2 Å². The number of anilines is 1. The van der Waals surface area contributed by atoms with Crippen molar-refractivity contribution in [2.24, 2.45) is 0 Å². The molecule has 0 atom stereocenters. The Hall–Kier alpha value is -2.48. The lowest BCUT2D eigenvalue weighted by atomic mass is 9.84. The molecule has 8 nitrogen and oxygen atoms in total. The van der Waals surface area contributed by atoms with Crippen LogP contribution in [0.3, 0.4) is 0 Å². The lowest BCUT2D eigenvalue weighted by molar-refractivity contribution is -0.121. The highest BCUT2D eigenvalue weighted by Crippen LogP contribution is 2.40. The molecule has 0 saturated heterocycles. The first-order chi connectivity index (χ1) is 11.3. The zero-order valence-corrected chi connectivity index (χ0v) is 12.7. The Kier molecular flexibility index (Phi) is 4.52. The number of hydrogen-bond donors (Lipinski definition) is 3. The van der Waals surface area contributed by atoms with Crippen LogP contribution >= 0.6 is 0 Å². The van der Waals surface area contributed by atoms with Crippen molar-refractivity contribution in [3.8, 4) is 5.75 Å². The monoisotopic (exact) mass is 317 g/mol. The van der Waals surface area contributed by atoms with Crippen molar-refractivity contribution in [3.05, 3.63) is 30.1 Å². The molecule has 1 aliphatic rings. The third-order valence-electron chi connectivity index (χ3n) is 4.15. The molecular weight excluding hydrogens is 298 g/mol. The number of ether oxygens (including phenoxy) is 1. The highest BCUT2D eigenvalue weighted by Gasteiger charge is 2.46. The number of aliphatic hydroxyl groups excluding tert-OH is 1. The van der Waals surface area contributed by atoms with Crippen LogP contribution in [0, 0.1) is 0 Å². The Balaban J connectivity index is 1.83. The molecular formula is C15H19N5O3. The molecule has 1 fully saturated rings. The number of tetrazole rings is 1. The number of benzene rings is 1. The zero-order chi connectivity index (χ0) is 16.1. The smallest absolute Gasteiger partial charge is 0.238 e. The van der Waals surface area contributed by atoms with Crippen molar-refractivity contribution in [1.29, 1.82) is 0 Å². The number of para-hydroxylation sites is 2. The Labute approximate surface area is 133 Å². The predicted molar refractivity (Wildman–Crippen MR) is 82.0 cm³/mol. The summed E-state index contributed by atoms with van der Waals surface area (Å²) < 4.78 is 5.46. The van der Waals surface area contributed by atoms with Gasteiger partial charge in [-0.15, -0.1) is 10.2 Å². The summed E-state index contributed by atoms with van der Waals surface area (Å²) >= 11 is 0. The average molecular weight is 317 g/mol. The third kappa shape index (κ3) is 3.02. The van der Waals surface area contributed by atoms with Crippen LogP contribution in [0.4, 0.5) is 5.69 Å². The first-order valence-electron chi connectivity index (χ1n) is 7.64. The fraction of sp³-hybridized carbons (Fsp3) is 0.467. The summed E-state index contributed by atoms with van der Waals surface area (Å²) in [7, 11) is 0. The topological polar surface area (TPSA) is 113 Å². The van der Waals surface area contributed by atoms with E-state index in [1.165, 1.54) is 0 Å². The average Bonchev–Trinajstić information content (AvgIpc) is 3.25. The number of amides is 1. The fourth-order valence-electron chi connectivity index (χ4n) is 2.99. The normalized spacial score (nSPS) is 16.2. The lowest BCUT2D eigenvalue weighted by Crippen LogP contribution is -2.39. The highest BCUT2D eigenvalue weighted by molar-refractivity contribution is 5.99. The second kappa shape index (κ2) is 6.74. The van der Waals surface area contributed by atoms with Crippen LogP contribution in [0.15, 0.2) is 24.3 Å². The van der Waals surface area contributed by atoms with Gasteiger partial charge in [0.25, 0.3) is 0 Å². The fourth-order valence-corrected chi connectivity index (χ4v) is 2.99. The quantitative estimate of drug-likeness (QED) is 0.733. The van der Waals surface area contributed by atoms with Crippen molar-refractivity contribution in [2.75, 3.05) is 18.5 Å². The molecule has 1 saturated carbocycles. The second-order valence-electron chi connectivity index (χ2n) is 5.55. The molecule has 23 heavy (non-hydrogen) atoms. The van der Waals surface area contributed by atoms with Gasteiger partial charge in [-0.25, -0.2) is 0 Å². The van der Waals surface area contributed by atoms with Gasteiger partial charge < -0.3 is 15.2 Å². The number of carbonyl (C=O) groups excluding carboxylic acids is 1. The minimum Gasteiger partial charge on any atom is -0.489 e. The predicted octanol–water partition coefficient (Wildman–Crippen LogP) is 1.02. The van der Waals surface area contributed by atoms with E-state index in [2.05, 4.69) is 25.9 Å². The van der Waals surface area contributed by atoms with Gasteiger partial charge >= 0.3 is 0 Å². The summed E-state index contributed by atoms with van der Waals surface area (Å²) in [6, 6.07) is 7.15. The van der Waals surface area contributed by atoms with Gasteiger partial charge in [-0.05, 0) is 25.0 Å². The number of rotatable bonds is 6. The number of aromatic nitrogens is 4. The Bertz CT molecular complexity index is 653. The molecule has 3 N–H and O–H groups in total. The van der Waals surface area contributed by atoms with E-state index < -0.39 is 5.41 Å². The van der Waals surface area contributed by atoms with E-state index in [1.807, 2.05) is 12.1 Å². The van der Waals surface area contributed by atoms with Gasteiger partial charge in [0.2, 0.25) is 5.91 Å². The van der Waals surface area contributed by atoms with Crippen LogP contribution < -0.4 is 10.1 Å². The Morgan fingerprint density at radius 1 is 1.35 bits per heavy atom. The van der Waals surface area contributed by atoms with E-state index >= 15 is 0 Å². The highest BCUT2D eigenvalue weighted by atomic mass is 16.5. The van der Waals surface area contributed by atoms with Crippen LogP contribution in [0.5, 0.6) is 5.75 Å². The maximum Gasteiger partial charge on any atom is 0.238 e. The molecule has 0 spiro atoms. The molecule has 0 unspecified atom stereocenters. The minimum absolute atomic E-state index is 0.0882. The first-order valence-corrected chi connectivity index (χ1v) is 7.64. The summed E-state index contributed by atoms with van der Waals surface area (Å²) in [5.74, 6) is 0.800. The number of H-pyrrole nitrogens is 1. The molecule has 122 valence electrons. The molecule has 8 heteroatoms. The van der Waals surface area contributed by atoms with Crippen molar-refractivity contribution >= 4 is 11.6 Å². The molecule has 1 aromatic carbocycles. The van der Waals surface area contributed by atoms with Crippen molar-refractivity contribution in [3.63, 3.8) is 0 Å². The van der Waals surface area contributed by atoms with Crippen molar-refractivity contribution < 1.29 is 14.6 Å². The van der Waals surface area contributed by atoms with Crippen LogP contribution in [0.2, 0.25) is 0 Å². The molecule has 1 amide bonds. The van der Waals surface area contributed by atoms with Crippen molar-refractivity contribution in [2.45, 2.75) is 31.1 Å². The standard InChI is InChI=1S/C15H19N5O3/c21-9-10-23-12-6-2-1-5-11(12)16-14(22)15(7-3-4-8-15)13-17-19-20-18-13/h1-2,5-6,21H,3-4,7-10H2,(H,16,22)(H,17,18,19,20). The van der Waals surface area contributed by atoms with Crippen LogP contribution in [-0.4, -0.2) is 44.9 Å². The number of nitrogens with zero attached hydrogens (tertiary/aromatic N) is 3. The van der Waals surface area contributed by atoms with Gasteiger partial charge in [0.15, 0.2) is 5.82 Å². The maximum atomic E-state index is 12.9. The number of aromatic amines is 1. The van der Waals surface area contributed by atoms with Gasteiger partial charge in [-0.3, -0.25) is 4.79 Å². The van der Waals surface area contributed by atoms with E-state index in [1.54, 1.807) is 12.1 Å². The summed E-state index contributed by atoms with van der Waals surface area (Å²) in [5.41, 5.74) is -0.183. The molecule has 0 aliphatic heterocycles. The van der Waals surface area contributed by atoms with Crippen molar-refractivity contribution in [1.82, 2.24) is 20.6 Å². The summed E-state index contributed by atoms with van der Waals surface area (Å²) in [6.45, 7) is 0.0813. The summed E-state index contributed by atoms with van der Waals surface area (Å²) in [5, 5.41) is 25.9. The zero-order valence-electron chi connectivity index (χ0n) is 12.7. The number of carbonyl (C=O) groups is 1. The van der Waals surface area contributed by atoms with Gasteiger partial charge in [-0.1, -0.05) is 30.2 Å². The minimum atomic E-state index is -0.753. The SMILES string of the molecule is O=C(Nc1ccccc1OCCO)C1(c2nn[nH]n2)CCCC1. The first kappa shape index (κ1) is 15.4. The van der Waals surface area contributed by atoms with Gasteiger partial charge in [0, 0.05) is 0 Å². The van der Waals surface area contributed by atoms with E-state index in [4.69, 9.17) is 9.84 Å². The summed E-state index contributed by atoms with van der Waals surface area (Å²) in [6.07, 6.45) is 3.28. The molecule has 2 aromatic rings. The molecule has 1 aromatic heterocycles. The van der Waals surface area contributed by atoms with Gasteiger partial charge in [0.05, 0.1) is 12.3 Å². The molecule has 0 bridgehead atoms. The Morgan fingerprint density at radius 3 is 2.83 bits per heavy atom. The van der Waals surface area contributed by atoms with E-state index in [9.17, 15) is 4.79 Å². The second-order valence-corrected chi connectivity index (χ2v) is 5.55. The van der Waals surface area contributed by atoms with E-state index in [-0.39, 0.29) is 19.1 Å². The van der Waals surface area contributed by atoms with Gasteiger partial charge in [0.1, 0.15) is 17.8 Å². The van der Waals surface area contributed by atoms with E-state index in [0.717, 1.165) is 12.8 Å². The number of nitrogens with one attached hydrogen (secondary N) is 2. The van der Waals surface area contributed by atoms with Gasteiger partial charge in [-0.2, -0.15) is 5.21 Å². The Morgan fingerprint density at radius 2 is 2.13 bits per heavy atom. The molecule has 3 rings (SSSR count). The third-order valence-corrected chi connectivity index (χ3v) is 4.15. The maximum absolute atomic E-state index is 12.9. The van der Waals surface area contributed by atoms with Crippen LogP contribution in [0.25, 0.3) is 0 Å². The van der Waals surface area contributed by atoms with Crippen LogP contribution in [0.1, 0.15) is 31.5 Å². The summed E-state index contributed by atoms with van der Waals surface area (Å²) in [4.78, 5) is 12.9. The number of hydrogen-bond acceptors (Lipinski definition) is 6. The molecule has 1 aliphatic carbocycles. The lowest BCUT2D eigenvalue weighted by Gasteiger charge is -2.24. The largest absolute Gasteiger partial charge is 0.489 e. The molecule has 1 heterocycles.